The predicted octanol–water partition coefficient (Wildman–Crippen LogP) is 4.00. The van der Waals surface area contributed by atoms with Crippen molar-refractivity contribution in [1.82, 2.24) is 24.5 Å². The Balaban J connectivity index is 1.07. The first-order valence-corrected chi connectivity index (χ1v) is 17.3. The van der Waals surface area contributed by atoms with E-state index in [1.54, 1.807) is 23.1 Å². The van der Waals surface area contributed by atoms with Crippen LogP contribution in [-0.4, -0.2) is 132 Å². The molecule has 2 N–H and O–H groups in total. The molecule has 46 heavy (non-hydrogen) atoms. The minimum Gasteiger partial charge on any atom is -0.507 e. The predicted molar refractivity (Wildman–Crippen MR) is 179 cm³/mol. The Morgan fingerprint density at radius 3 is 2.30 bits per heavy atom. The highest BCUT2D eigenvalue weighted by Crippen LogP contribution is 2.28. The zero-order valence-electron chi connectivity index (χ0n) is 26.6. The van der Waals surface area contributed by atoms with E-state index in [-0.39, 0.29) is 30.2 Å². The van der Waals surface area contributed by atoms with Gasteiger partial charge >= 0.3 is 12.1 Å². The van der Waals surface area contributed by atoms with Crippen LogP contribution in [0.5, 0.6) is 5.75 Å². The lowest BCUT2D eigenvalue weighted by Crippen LogP contribution is -2.54. The molecule has 4 aliphatic heterocycles. The number of aromatic hydroxyl groups is 1. The maximum absolute atomic E-state index is 13.9. The Morgan fingerprint density at radius 2 is 1.59 bits per heavy atom. The number of piperazine rings is 1. The van der Waals surface area contributed by atoms with Crippen molar-refractivity contribution in [2.45, 2.75) is 56.7 Å². The number of amides is 4. The molecular weight excluding hydrogens is 652 g/mol. The number of hydrogen-bond donors (Lipinski definition) is 2. The zero-order valence-corrected chi connectivity index (χ0v) is 28.2. The SMILES string of the molecule is CN1CCN(C2CCN(C(=O)C(Cc3ccc(O)c(Br)c3)OC(=O)N3CCC(N4CCc5ccccc5NC4=O)CC3)CC2)CC1. The van der Waals surface area contributed by atoms with Gasteiger partial charge in [0, 0.05) is 83.1 Å². The fraction of sp³-hybridized carbons (Fsp3) is 0.559. The third-order valence-electron chi connectivity index (χ3n) is 10.1. The monoisotopic (exact) mass is 696 g/mol. The van der Waals surface area contributed by atoms with Crippen LogP contribution in [0.1, 0.15) is 36.8 Å². The summed E-state index contributed by atoms with van der Waals surface area (Å²) in [7, 11) is 2.16. The molecule has 4 aliphatic rings. The highest BCUT2D eigenvalue weighted by atomic mass is 79.9. The normalized spacial score (nSPS) is 21.3. The number of para-hydroxylation sites is 1. The molecule has 3 fully saturated rings. The minimum atomic E-state index is -0.975. The van der Waals surface area contributed by atoms with E-state index in [1.165, 1.54) is 0 Å². The number of ether oxygens (including phenoxy) is 1. The molecule has 4 amide bonds. The molecule has 11 nitrogen and oxygen atoms in total. The fourth-order valence-corrected chi connectivity index (χ4v) is 7.63. The fourth-order valence-electron chi connectivity index (χ4n) is 7.21. The second kappa shape index (κ2) is 14.6. The van der Waals surface area contributed by atoms with Crippen LogP contribution < -0.4 is 5.32 Å². The number of phenols is 1. The van der Waals surface area contributed by atoms with Crippen molar-refractivity contribution in [3.63, 3.8) is 0 Å². The third-order valence-corrected chi connectivity index (χ3v) is 10.7. The van der Waals surface area contributed by atoms with E-state index in [9.17, 15) is 19.5 Å². The van der Waals surface area contributed by atoms with Crippen molar-refractivity contribution in [2.24, 2.45) is 0 Å². The molecule has 0 aliphatic carbocycles. The van der Waals surface area contributed by atoms with Gasteiger partial charge in [0.15, 0.2) is 6.10 Å². The van der Waals surface area contributed by atoms with E-state index in [2.05, 4.69) is 38.1 Å². The molecule has 2 aromatic carbocycles. The van der Waals surface area contributed by atoms with Crippen molar-refractivity contribution in [1.29, 1.82) is 0 Å². The van der Waals surface area contributed by atoms with Crippen molar-refractivity contribution in [2.75, 3.05) is 71.3 Å². The van der Waals surface area contributed by atoms with Gasteiger partial charge < -0.3 is 34.8 Å². The smallest absolute Gasteiger partial charge is 0.410 e. The summed E-state index contributed by atoms with van der Waals surface area (Å²) < 4.78 is 6.53. The van der Waals surface area contributed by atoms with Crippen molar-refractivity contribution >= 4 is 39.6 Å². The van der Waals surface area contributed by atoms with Crippen LogP contribution in [-0.2, 0) is 22.4 Å². The van der Waals surface area contributed by atoms with Crippen molar-refractivity contribution in [3.05, 3.63) is 58.1 Å². The lowest BCUT2D eigenvalue weighted by Gasteiger charge is -2.42. The molecule has 0 aromatic heterocycles. The number of rotatable bonds is 6. The van der Waals surface area contributed by atoms with Gasteiger partial charge in [-0.1, -0.05) is 24.3 Å². The molecule has 1 atom stereocenters. The van der Waals surface area contributed by atoms with Crippen LogP contribution in [0.3, 0.4) is 0 Å². The first-order valence-electron chi connectivity index (χ1n) is 16.5. The second-order valence-corrected chi connectivity index (χ2v) is 13.9. The number of likely N-dealkylation sites (N-methyl/N-ethyl adjacent to an activating group) is 1. The molecule has 248 valence electrons. The number of carbonyl (C=O) groups excluding carboxylic acids is 3. The molecular formula is C34H45BrN6O5. The molecule has 1 unspecified atom stereocenters. The highest BCUT2D eigenvalue weighted by molar-refractivity contribution is 9.10. The van der Waals surface area contributed by atoms with E-state index < -0.39 is 12.2 Å². The average molecular weight is 698 g/mol. The molecule has 0 spiro atoms. The van der Waals surface area contributed by atoms with Crippen LogP contribution in [0.15, 0.2) is 46.9 Å². The first kappa shape index (κ1) is 32.6. The van der Waals surface area contributed by atoms with Crippen LogP contribution in [0.4, 0.5) is 15.3 Å². The van der Waals surface area contributed by atoms with Crippen molar-refractivity contribution < 1.29 is 24.2 Å². The van der Waals surface area contributed by atoms with Gasteiger partial charge in [0.05, 0.1) is 4.47 Å². The van der Waals surface area contributed by atoms with Crippen LogP contribution in [0.2, 0.25) is 0 Å². The number of carbonyl (C=O) groups is 3. The Morgan fingerprint density at radius 1 is 0.913 bits per heavy atom. The standard InChI is InChI=1S/C34H45BrN6O5/c1-37-18-20-38(21-19-37)26-9-13-39(14-10-26)32(43)31(23-24-6-7-30(42)28(35)22-24)46-34(45)40-15-11-27(12-16-40)41-17-8-25-4-2-3-5-29(25)36-33(41)44/h2-7,22,26-27,31,42H,8-21,23H2,1H3,(H,36,44). The number of piperidine rings is 2. The highest BCUT2D eigenvalue weighted by Gasteiger charge is 2.36. The third kappa shape index (κ3) is 7.61. The second-order valence-electron chi connectivity index (χ2n) is 13.0. The Hall–Kier alpha value is -3.35. The van der Waals surface area contributed by atoms with Gasteiger partial charge in [-0.25, -0.2) is 9.59 Å². The summed E-state index contributed by atoms with van der Waals surface area (Å²) in [5.74, 6) is -0.0653. The number of halogens is 1. The molecule has 0 radical (unpaired) electrons. The molecule has 4 heterocycles. The van der Waals surface area contributed by atoms with E-state index >= 15 is 0 Å². The van der Waals surface area contributed by atoms with Crippen molar-refractivity contribution in [3.8, 4) is 5.75 Å². The van der Waals surface area contributed by atoms with E-state index in [0.717, 1.165) is 62.3 Å². The topological polar surface area (TPSA) is 109 Å². The van der Waals surface area contributed by atoms with E-state index in [1.807, 2.05) is 34.1 Å². The summed E-state index contributed by atoms with van der Waals surface area (Å²) in [6, 6.07) is 13.4. The molecule has 2 aromatic rings. The molecule has 0 bridgehead atoms. The van der Waals surface area contributed by atoms with Crippen LogP contribution >= 0.6 is 15.9 Å². The van der Waals surface area contributed by atoms with Gasteiger partial charge in [0.1, 0.15) is 5.75 Å². The number of nitrogens with zero attached hydrogens (tertiary/aromatic N) is 5. The molecule has 12 heteroatoms. The first-order chi connectivity index (χ1) is 22.2. The minimum absolute atomic E-state index is 0.0201. The summed E-state index contributed by atoms with van der Waals surface area (Å²) in [6.45, 7) is 7.03. The molecule has 6 rings (SSSR count). The van der Waals surface area contributed by atoms with Gasteiger partial charge in [-0.05, 0) is 84.4 Å². The van der Waals surface area contributed by atoms with Crippen LogP contribution in [0.25, 0.3) is 0 Å². The van der Waals surface area contributed by atoms with Gasteiger partial charge in [0.2, 0.25) is 0 Å². The van der Waals surface area contributed by atoms with E-state index in [0.29, 0.717) is 56.1 Å². The number of fused-ring (bicyclic) bond motifs is 1. The van der Waals surface area contributed by atoms with Gasteiger partial charge in [0.25, 0.3) is 5.91 Å². The summed E-state index contributed by atoms with van der Waals surface area (Å²) >= 11 is 3.37. The maximum atomic E-state index is 13.9. The number of hydrogen-bond acceptors (Lipinski definition) is 7. The number of urea groups is 1. The van der Waals surface area contributed by atoms with Gasteiger partial charge in [-0.3, -0.25) is 9.69 Å². The largest absolute Gasteiger partial charge is 0.507 e. The van der Waals surface area contributed by atoms with E-state index in [4.69, 9.17) is 4.74 Å². The maximum Gasteiger partial charge on any atom is 0.410 e. The lowest BCUT2D eigenvalue weighted by atomic mass is 10.0. The Bertz CT molecular complexity index is 1400. The quantitative estimate of drug-likeness (QED) is 0.470. The summed E-state index contributed by atoms with van der Waals surface area (Å²) in [5.41, 5.74) is 2.77. The molecule has 3 saturated heterocycles. The summed E-state index contributed by atoms with van der Waals surface area (Å²) in [6.07, 6.45) is 2.61. The lowest BCUT2D eigenvalue weighted by molar-refractivity contribution is -0.142. The summed E-state index contributed by atoms with van der Waals surface area (Å²) in [5, 5.41) is 13.0. The Labute approximate surface area is 279 Å². The Kier molecular flexibility index (Phi) is 10.3. The number of phenolic OH excluding ortho intramolecular Hbond substituents is 1. The molecule has 0 saturated carbocycles. The van der Waals surface area contributed by atoms with Gasteiger partial charge in [-0.15, -0.1) is 0 Å². The number of nitrogens with one attached hydrogen (secondary N) is 1. The summed E-state index contributed by atoms with van der Waals surface area (Å²) in [4.78, 5) is 50.8. The van der Waals surface area contributed by atoms with Gasteiger partial charge in [-0.2, -0.15) is 0 Å². The number of anilines is 1. The number of benzene rings is 2. The van der Waals surface area contributed by atoms with Crippen LogP contribution in [0, 0.1) is 0 Å². The number of likely N-dealkylation sites (tertiary alicyclic amines) is 2. The average Bonchev–Trinajstić information content (AvgIpc) is 3.24. The zero-order chi connectivity index (χ0) is 32.2.